The molecule has 1 N–H and O–H groups in total. The summed E-state index contributed by atoms with van der Waals surface area (Å²) in [6.45, 7) is 6.34. The van der Waals surface area contributed by atoms with Crippen LogP contribution in [0.2, 0.25) is 15.1 Å². The van der Waals surface area contributed by atoms with E-state index in [1.807, 2.05) is 44.2 Å². The monoisotopic (exact) mass is 665 g/mol. The maximum absolute atomic E-state index is 14.0. The smallest absolute Gasteiger partial charge is 0.243 e. The Labute approximate surface area is 270 Å². The minimum absolute atomic E-state index is 0.000404. The van der Waals surface area contributed by atoms with Gasteiger partial charge in [-0.2, -0.15) is 0 Å². The molecule has 0 aliphatic rings. The molecule has 0 fully saturated rings. The lowest BCUT2D eigenvalue weighted by atomic mass is 10.0. The van der Waals surface area contributed by atoms with Gasteiger partial charge in [-0.3, -0.25) is 13.9 Å². The van der Waals surface area contributed by atoms with E-state index in [0.717, 1.165) is 11.8 Å². The minimum atomic E-state index is -3.66. The topological polar surface area (TPSA) is 86.8 Å². The second-order valence-electron chi connectivity index (χ2n) is 10.9. The fourth-order valence-electron chi connectivity index (χ4n) is 4.66. The van der Waals surface area contributed by atoms with E-state index >= 15 is 0 Å². The molecule has 2 amide bonds. The number of rotatable bonds is 14. The van der Waals surface area contributed by atoms with Crippen LogP contribution in [0.1, 0.15) is 43.4 Å². The lowest BCUT2D eigenvalue weighted by molar-refractivity contribution is -0.141. The maximum atomic E-state index is 14.0. The Bertz CT molecular complexity index is 1520. The molecule has 3 rings (SSSR count). The van der Waals surface area contributed by atoms with Gasteiger partial charge in [0.25, 0.3) is 0 Å². The quantitative estimate of drug-likeness (QED) is 0.203. The second kappa shape index (κ2) is 15.8. The van der Waals surface area contributed by atoms with Crippen molar-refractivity contribution in [2.45, 2.75) is 52.6 Å². The summed E-state index contributed by atoms with van der Waals surface area (Å²) in [5.41, 5.74) is 2.63. The van der Waals surface area contributed by atoms with E-state index in [-0.39, 0.29) is 43.7 Å². The molecule has 11 heteroatoms. The van der Waals surface area contributed by atoms with Gasteiger partial charge in [0.2, 0.25) is 21.8 Å². The van der Waals surface area contributed by atoms with Crippen LogP contribution in [0.3, 0.4) is 0 Å². The maximum Gasteiger partial charge on any atom is 0.243 e. The normalized spacial score (nSPS) is 12.2. The molecule has 1 unspecified atom stereocenters. The van der Waals surface area contributed by atoms with E-state index in [1.54, 1.807) is 43.3 Å². The van der Waals surface area contributed by atoms with Crippen LogP contribution in [0.4, 0.5) is 5.69 Å². The van der Waals surface area contributed by atoms with Gasteiger partial charge in [-0.15, -0.1) is 0 Å². The highest BCUT2D eigenvalue weighted by Crippen LogP contribution is 2.29. The largest absolute Gasteiger partial charge is 0.354 e. The van der Waals surface area contributed by atoms with Crippen LogP contribution in [0.15, 0.2) is 66.7 Å². The van der Waals surface area contributed by atoms with Gasteiger partial charge in [-0.25, -0.2) is 8.42 Å². The molecule has 0 aliphatic carbocycles. The molecule has 0 spiro atoms. The van der Waals surface area contributed by atoms with E-state index in [4.69, 9.17) is 34.8 Å². The van der Waals surface area contributed by atoms with Gasteiger partial charge in [-0.1, -0.05) is 91.1 Å². The number of sulfonamides is 1. The highest BCUT2D eigenvalue weighted by atomic mass is 35.5. The summed E-state index contributed by atoms with van der Waals surface area (Å²) in [6.07, 6.45) is 1.63. The van der Waals surface area contributed by atoms with Gasteiger partial charge in [0.05, 0.1) is 11.9 Å². The molecule has 3 aromatic carbocycles. The van der Waals surface area contributed by atoms with Crippen molar-refractivity contribution in [3.63, 3.8) is 0 Å². The number of benzene rings is 3. The van der Waals surface area contributed by atoms with Crippen LogP contribution in [0.5, 0.6) is 0 Å². The summed E-state index contributed by atoms with van der Waals surface area (Å²) in [5, 5.41) is 4.27. The van der Waals surface area contributed by atoms with Gasteiger partial charge >= 0.3 is 0 Å². The SMILES string of the molecule is Cc1c(Cl)cccc1N(CCCC(=O)N(Cc1ccc(Cl)cc1Cl)C(Cc1ccccc1)C(=O)NCC(C)C)S(C)(=O)=O. The zero-order valence-electron chi connectivity index (χ0n) is 24.8. The number of carbonyl (C=O) groups is 2. The number of carbonyl (C=O) groups excluding carboxylic acids is 2. The van der Waals surface area contributed by atoms with Crippen molar-refractivity contribution < 1.29 is 18.0 Å². The van der Waals surface area contributed by atoms with Gasteiger partial charge in [0.15, 0.2) is 0 Å². The predicted molar refractivity (Wildman–Crippen MR) is 176 cm³/mol. The third-order valence-corrected chi connectivity index (χ3v) is 9.15. The summed E-state index contributed by atoms with van der Waals surface area (Å²) in [7, 11) is -3.66. The molecule has 0 radical (unpaired) electrons. The van der Waals surface area contributed by atoms with E-state index in [2.05, 4.69) is 5.32 Å². The molecular weight excluding hydrogens is 629 g/mol. The lowest BCUT2D eigenvalue weighted by Gasteiger charge is -2.32. The predicted octanol–water partition coefficient (Wildman–Crippen LogP) is 6.91. The first-order valence-corrected chi connectivity index (χ1v) is 17.0. The fraction of sp³-hybridized carbons (Fsp3) is 0.375. The first kappa shape index (κ1) is 34.7. The molecule has 1 atom stereocenters. The third kappa shape index (κ3) is 10.1. The van der Waals surface area contributed by atoms with Gasteiger partial charge < -0.3 is 10.2 Å². The lowest BCUT2D eigenvalue weighted by Crippen LogP contribution is -2.51. The molecule has 0 aromatic heterocycles. The summed E-state index contributed by atoms with van der Waals surface area (Å²) in [4.78, 5) is 29.1. The Morgan fingerprint density at radius 3 is 2.26 bits per heavy atom. The highest BCUT2D eigenvalue weighted by molar-refractivity contribution is 7.92. The van der Waals surface area contributed by atoms with Crippen LogP contribution in [0, 0.1) is 12.8 Å². The Morgan fingerprint density at radius 2 is 1.63 bits per heavy atom. The molecule has 0 bridgehead atoms. The fourth-order valence-corrected chi connectivity index (χ4v) is 6.31. The Balaban J connectivity index is 1.93. The van der Waals surface area contributed by atoms with Crippen molar-refractivity contribution in [3.05, 3.63) is 98.5 Å². The number of amides is 2. The summed E-state index contributed by atoms with van der Waals surface area (Å²) >= 11 is 18.9. The summed E-state index contributed by atoms with van der Waals surface area (Å²) < 4.78 is 26.8. The Morgan fingerprint density at radius 1 is 0.930 bits per heavy atom. The van der Waals surface area contributed by atoms with Gasteiger partial charge in [0.1, 0.15) is 6.04 Å². The number of hydrogen-bond acceptors (Lipinski definition) is 4. The van der Waals surface area contributed by atoms with E-state index in [9.17, 15) is 18.0 Å². The first-order chi connectivity index (χ1) is 20.3. The van der Waals surface area contributed by atoms with Crippen molar-refractivity contribution in [1.29, 1.82) is 0 Å². The molecule has 232 valence electrons. The molecular formula is C32H38Cl3N3O4S. The Kier molecular flexibility index (Phi) is 12.8. The summed E-state index contributed by atoms with van der Waals surface area (Å²) in [6, 6.07) is 18.8. The molecule has 0 aliphatic heterocycles. The van der Waals surface area contributed by atoms with Crippen LogP contribution in [0.25, 0.3) is 0 Å². The van der Waals surface area contributed by atoms with Crippen LogP contribution < -0.4 is 9.62 Å². The minimum Gasteiger partial charge on any atom is -0.354 e. The second-order valence-corrected chi connectivity index (χ2v) is 14.1. The number of hydrogen-bond donors (Lipinski definition) is 1. The number of nitrogens with one attached hydrogen (secondary N) is 1. The molecule has 3 aromatic rings. The van der Waals surface area contributed by atoms with Gasteiger partial charge in [-0.05, 0) is 60.2 Å². The van der Waals surface area contributed by atoms with Crippen molar-refractivity contribution in [2.24, 2.45) is 5.92 Å². The third-order valence-electron chi connectivity index (χ3n) is 6.97. The average molecular weight is 667 g/mol. The van der Waals surface area contributed by atoms with E-state index in [1.165, 1.54) is 9.21 Å². The van der Waals surface area contributed by atoms with Crippen LogP contribution >= 0.6 is 34.8 Å². The van der Waals surface area contributed by atoms with Crippen molar-refractivity contribution in [2.75, 3.05) is 23.7 Å². The standard InChI is InChI=1S/C32H38Cl3N3O4S/c1-22(2)20-36-32(40)30(18-24-10-6-5-7-11-24)37(21-25-15-16-26(33)19-28(25)35)31(39)14-9-17-38(43(4,41)42)29-13-8-12-27(34)23(29)3/h5-8,10-13,15-16,19,22,30H,9,14,17-18,20-21H2,1-4H3,(H,36,40). The number of nitrogens with zero attached hydrogens (tertiary/aromatic N) is 2. The molecule has 0 heterocycles. The first-order valence-electron chi connectivity index (χ1n) is 14.1. The molecule has 0 saturated carbocycles. The van der Waals surface area contributed by atoms with Crippen molar-refractivity contribution in [1.82, 2.24) is 10.2 Å². The number of anilines is 1. The molecule has 0 saturated heterocycles. The molecule has 43 heavy (non-hydrogen) atoms. The summed E-state index contributed by atoms with van der Waals surface area (Å²) in [5.74, 6) is -0.362. The zero-order valence-corrected chi connectivity index (χ0v) is 27.9. The van der Waals surface area contributed by atoms with Gasteiger partial charge in [0, 0.05) is 47.5 Å². The zero-order chi connectivity index (χ0) is 31.7. The van der Waals surface area contributed by atoms with E-state index < -0.39 is 16.1 Å². The number of halogens is 3. The Hall–Kier alpha value is -2.78. The van der Waals surface area contributed by atoms with Crippen molar-refractivity contribution >= 4 is 62.3 Å². The van der Waals surface area contributed by atoms with Crippen molar-refractivity contribution in [3.8, 4) is 0 Å². The van der Waals surface area contributed by atoms with Crippen LogP contribution in [-0.2, 0) is 32.6 Å². The van der Waals surface area contributed by atoms with Crippen LogP contribution in [-0.4, -0.2) is 50.5 Å². The average Bonchev–Trinajstić information content (AvgIpc) is 2.94. The van der Waals surface area contributed by atoms with E-state index in [0.29, 0.717) is 44.8 Å². The molecule has 7 nitrogen and oxygen atoms in total. The highest BCUT2D eigenvalue weighted by Gasteiger charge is 2.31.